The van der Waals surface area contributed by atoms with E-state index >= 15 is 0 Å². The van der Waals surface area contributed by atoms with Crippen LogP contribution in [0.4, 0.5) is 0 Å². The lowest BCUT2D eigenvalue weighted by Gasteiger charge is -2.24. The monoisotopic (exact) mass is 235 g/mol. The van der Waals surface area contributed by atoms with Gasteiger partial charge in [0.05, 0.1) is 13.2 Å². The fourth-order valence-electron chi connectivity index (χ4n) is 2.39. The molecule has 0 saturated carbocycles. The lowest BCUT2D eigenvalue weighted by molar-refractivity contribution is 0.318. The van der Waals surface area contributed by atoms with Crippen molar-refractivity contribution in [3.05, 3.63) is 23.3 Å². The lowest BCUT2D eigenvalue weighted by Crippen LogP contribution is -2.28. The van der Waals surface area contributed by atoms with Crippen LogP contribution in [0.3, 0.4) is 0 Å². The highest BCUT2D eigenvalue weighted by molar-refractivity contribution is 5.48. The topological polar surface area (TPSA) is 44.5 Å². The van der Waals surface area contributed by atoms with Crippen LogP contribution in [-0.4, -0.2) is 19.3 Å². The molecule has 3 heteroatoms. The minimum absolute atomic E-state index is 0.272. The predicted octanol–water partition coefficient (Wildman–Crippen LogP) is 2.30. The maximum Gasteiger partial charge on any atom is 0.126 e. The largest absolute Gasteiger partial charge is 0.494 e. The maximum absolute atomic E-state index is 6.02. The molecule has 2 N–H and O–H groups in total. The Labute approximate surface area is 103 Å². The van der Waals surface area contributed by atoms with Crippen LogP contribution in [0.25, 0.3) is 0 Å². The highest BCUT2D eigenvalue weighted by atomic mass is 16.5. The van der Waals surface area contributed by atoms with E-state index in [-0.39, 0.29) is 6.04 Å². The Morgan fingerprint density at radius 1 is 1.24 bits per heavy atom. The van der Waals surface area contributed by atoms with E-state index in [1.165, 1.54) is 11.1 Å². The van der Waals surface area contributed by atoms with Gasteiger partial charge in [0, 0.05) is 12.1 Å². The summed E-state index contributed by atoms with van der Waals surface area (Å²) in [5.41, 5.74) is 8.62. The lowest BCUT2D eigenvalue weighted by atomic mass is 9.88. The molecular formula is C14H21NO2. The number of ether oxygens (including phenoxy) is 2. The van der Waals surface area contributed by atoms with Gasteiger partial charge in [-0.3, -0.25) is 0 Å². The Morgan fingerprint density at radius 3 is 2.71 bits per heavy atom. The number of hydrogen-bond acceptors (Lipinski definition) is 3. The number of fused-ring (bicyclic) bond motifs is 1. The molecule has 0 spiro atoms. The van der Waals surface area contributed by atoms with Crippen LogP contribution in [-0.2, 0) is 12.8 Å². The summed E-state index contributed by atoms with van der Waals surface area (Å²) in [6.45, 7) is 5.37. The molecule has 1 aliphatic rings. The minimum atomic E-state index is 0.272. The van der Waals surface area contributed by atoms with E-state index in [9.17, 15) is 0 Å². The van der Waals surface area contributed by atoms with Crippen molar-refractivity contribution in [1.82, 2.24) is 0 Å². The van der Waals surface area contributed by atoms with Crippen molar-refractivity contribution in [3.63, 3.8) is 0 Å². The Morgan fingerprint density at radius 2 is 2.00 bits per heavy atom. The Bertz CT molecular complexity index is 373. The Kier molecular flexibility index (Phi) is 3.89. The zero-order valence-electron chi connectivity index (χ0n) is 10.7. The first kappa shape index (κ1) is 12.2. The first-order valence-corrected chi connectivity index (χ1v) is 6.41. The molecule has 0 aliphatic heterocycles. The van der Waals surface area contributed by atoms with Gasteiger partial charge in [-0.2, -0.15) is 0 Å². The molecule has 3 nitrogen and oxygen atoms in total. The van der Waals surface area contributed by atoms with Gasteiger partial charge in [-0.1, -0.05) is 0 Å². The summed E-state index contributed by atoms with van der Waals surface area (Å²) in [7, 11) is 0. The molecule has 17 heavy (non-hydrogen) atoms. The molecule has 1 aromatic carbocycles. The fourth-order valence-corrected chi connectivity index (χ4v) is 2.39. The molecule has 2 rings (SSSR count). The molecule has 0 radical (unpaired) electrons. The van der Waals surface area contributed by atoms with Crippen LogP contribution in [0.2, 0.25) is 0 Å². The van der Waals surface area contributed by atoms with Crippen molar-refractivity contribution in [2.45, 2.75) is 39.2 Å². The summed E-state index contributed by atoms with van der Waals surface area (Å²) in [5, 5.41) is 0. The molecule has 94 valence electrons. The number of benzene rings is 1. The molecule has 0 bridgehead atoms. The summed E-state index contributed by atoms with van der Waals surface area (Å²) in [4.78, 5) is 0. The normalized spacial score (nSPS) is 18.6. The Balaban J connectivity index is 2.36. The van der Waals surface area contributed by atoms with Crippen molar-refractivity contribution in [2.24, 2.45) is 5.73 Å². The van der Waals surface area contributed by atoms with Gasteiger partial charge < -0.3 is 15.2 Å². The van der Waals surface area contributed by atoms with Gasteiger partial charge >= 0.3 is 0 Å². The standard InChI is InChI=1S/C14H21NO2/c1-3-16-12-8-10-7-11(15)5-6-13(10)14(9-12)17-4-2/h8-9,11H,3-7,15H2,1-2H3/t11-/m1/s1. The number of hydrogen-bond donors (Lipinski definition) is 1. The van der Waals surface area contributed by atoms with Crippen LogP contribution < -0.4 is 15.2 Å². The van der Waals surface area contributed by atoms with Crippen molar-refractivity contribution >= 4 is 0 Å². The zero-order chi connectivity index (χ0) is 12.3. The average molecular weight is 235 g/mol. The van der Waals surface area contributed by atoms with E-state index < -0.39 is 0 Å². The second-order valence-electron chi connectivity index (χ2n) is 4.43. The van der Waals surface area contributed by atoms with Gasteiger partial charge in [0.2, 0.25) is 0 Å². The molecule has 0 unspecified atom stereocenters. The van der Waals surface area contributed by atoms with Gasteiger partial charge in [0.15, 0.2) is 0 Å². The molecule has 0 saturated heterocycles. The van der Waals surface area contributed by atoms with Crippen LogP contribution in [0.1, 0.15) is 31.4 Å². The minimum Gasteiger partial charge on any atom is -0.494 e. The number of nitrogens with two attached hydrogens (primary N) is 1. The fraction of sp³-hybridized carbons (Fsp3) is 0.571. The van der Waals surface area contributed by atoms with Crippen LogP contribution in [0, 0.1) is 0 Å². The quantitative estimate of drug-likeness (QED) is 0.871. The molecule has 0 aromatic heterocycles. The summed E-state index contributed by atoms with van der Waals surface area (Å²) in [6.07, 6.45) is 2.98. The summed E-state index contributed by atoms with van der Waals surface area (Å²) >= 11 is 0. The highest BCUT2D eigenvalue weighted by Gasteiger charge is 2.20. The third-order valence-corrected chi connectivity index (χ3v) is 3.13. The first-order valence-electron chi connectivity index (χ1n) is 6.41. The predicted molar refractivity (Wildman–Crippen MR) is 68.8 cm³/mol. The summed E-state index contributed by atoms with van der Waals surface area (Å²) in [6, 6.07) is 4.39. The Hall–Kier alpha value is -1.22. The van der Waals surface area contributed by atoms with Crippen LogP contribution in [0.15, 0.2) is 12.1 Å². The third kappa shape index (κ3) is 2.72. The van der Waals surface area contributed by atoms with Gasteiger partial charge in [-0.05, 0) is 50.3 Å². The zero-order valence-corrected chi connectivity index (χ0v) is 10.7. The van der Waals surface area contributed by atoms with Gasteiger partial charge in [0.1, 0.15) is 11.5 Å². The van der Waals surface area contributed by atoms with E-state index in [2.05, 4.69) is 6.07 Å². The van der Waals surface area contributed by atoms with E-state index in [0.29, 0.717) is 13.2 Å². The molecule has 0 amide bonds. The maximum atomic E-state index is 6.02. The van der Waals surface area contributed by atoms with Crippen LogP contribution in [0.5, 0.6) is 11.5 Å². The molecular weight excluding hydrogens is 214 g/mol. The van der Waals surface area contributed by atoms with Gasteiger partial charge in [-0.15, -0.1) is 0 Å². The van der Waals surface area contributed by atoms with E-state index in [1.807, 2.05) is 19.9 Å². The van der Waals surface area contributed by atoms with Crippen molar-refractivity contribution in [3.8, 4) is 11.5 Å². The van der Waals surface area contributed by atoms with E-state index in [0.717, 1.165) is 30.8 Å². The number of rotatable bonds is 4. The van der Waals surface area contributed by atoms with E-state index in [1.54, 1.807) is 0 Å². The van der Waals surface area contributed by atoms with Crippen LogP contribution >= 0.6 is 0 Å². The molecule has 0 heterocycles. The smallest absolute Gasteiger partial charge is 0.126 e. The van der Waals surface area contributed by atoms with Crippen molar-refractivity contribution in [2.75, 3.05) is 13.2 Å². The van der Waals surface area contributed by atoms with Gasteiger partial charge in [-0.25, -0.2) is 0 Å². The van der Waals surface area contributed by atoms with Crippen molar-refractivity contribution in [1.29, 1.82) is 0 Å². The highest BCUT2D eigenvalue weighted by Crippen LogP contribution is 2.33. The van der Waals surface area contributed by atoms with E-state index in [4.69, 9.17) is 15.2 Å². The molecule has 1 aliphatic carbocycles. The molecule has 0 fully saturated rings. The van der Waals surface area contributed by atoms with Gasteiger partial charge in [0.25, 0.3) is 0 Å². The second-order valence-corrected chi connectivity index (χ2v) is 4.43. The second kappa shape index (κ2) is 5.41. The average Bonchev–Trinajstić information content (AvgIpc) is 2.29. The molecule has 1 atom stereocenters. The molecule has 1 aromatic rings. The third-order valence-electron chi connectivity index (χ3n) is 3.13. The first-order chi connectivity index (χ1) is 8.24. The SMILES string of the molecule is CCOc1cc2c(c(OCC)c1)CC[C@@H](N)C2. The summed E-state index contributed by atoms with van der Waals surface area (Å²) in [5.74, 6) is 1.86. The summed E-state index contributed by atoms with van der Waals surface area (Å²) < 4.78 is 11.3. The van der Waals surface area contributed by atoms with Crippen molar-refractivity contribution < 1.29 is 9.47 Å².